The molecular weight excluding hydrogens is 342 g/mol. The number of hydrogen-bond donors (Lipinski definition) is 0. The molecule has 0 amide bonds. The van der Waals surface area contributed by atoms with E-state index in [9.17, 15) is 18.3 Å². The molecule has 2 aromatic rings. The summed E-state index contributed by atoms with van der Waals surface area (Å²) in [6.07, 6.45) is 1.36. The van der Waals surface area contributed by atoms with Crippen LogP contribution in [0.3, 0.4) is 0 Å². The van der Waals surface area contributed by atoms with Crippen LogP contribution in [0.5, 0.6) is 5.75 Å². The molecule has 0 aromatic heterocycles. The van der Waals surface area contributed by atoms with Crippen LogP contribution in [0.4, 0.5) is 5.69 Å². The minimum absolute atomic E-state index is 0.0672. The number of sulfonamides is 1. The minimum Gasteiger partial charge on any atom is -0.545 e. The number of para-hydroxylation sites is 1. The van der Waals surface area contributed by atoms with Crippen molar-refractivity contribution >= 4 is 21.7 Å². The van der Waals surface area contributed by atoms with Gasteiger partial charge in [0.2, 0.25) is 0 Å². The molecule has 0 saturated carbocycles. The normalized spacial score (nSPS) is 11.1. The van der Waals surface area contributed by atoms with Crippen molar-refractivity contribution in [2.24, 2.45) is 0 Å². The van der Waals surface area contributed by atoms with E-state index in [1.807, 2.05) is 6.92 Å². The fourth-order valence-electron chi connectivity index (χ4n) is 2.41. The molecule has 0 fully saturated rings. The average molecular weight is 362 g/mol. The Morgan fingerprint density at radius 1 is 1.12 bits per heavy atom. The number of anilines is 1. The van der Waals surface area contributed by atoms with E-state index >= 15 is 0 Å². The molecule has 0 aliphatic rings. The van der Waals surface area contributed by atoms with Gasteiger partial charge in [-0.3, -0.25) is 4.31 Å². The number of nitrogens with zero attached hydrogens (tertiary/aromatic N) is 1. The molecule has 0 bridgehead atoms. The number of benzene rings is 2. The Bertz CT molecular complexity index is 831. The van der Waals surface area contributed by atoms with E-state index in [4.69, 9.17) is 4.74 Å². The molecule has 2 rings (SSSR count). The highest BCUT2D eigenvalue weighted by atomic mass is 32.2. The highest BCUT2D eigenvalue weighted by Gasteiger charge is 2.26. The lowest BCUT2D eigenvalue weighted by Gasteiger charge is -2.27. The first-order chi connectivity index (χ1) is 11.9. The molecular formula is C18H20NO5S-. The maximum Gasteiger partial charge on any atom is 0.264 e. The quantitative estimate of drug-likeness (QED) is 0.717. The Morgan fingerprint density at radius 2 is 1.76 bits per heavy atom. The van der Waals surface area contributed by atoms with Crippen molar-refractivity contribution in [2.45, 2.75) is 24.7 Å². The number of carboxylic acid groups (broad SMARTS) is 1. The van der Waals surface area contributed by atoms with E-state index in [-0.39, 0.29) is 22.7 Å². The molecule has 0 saturated heterocycles. The fraction of sp³-hybridized carbons (Fsp3) is 0.278. The number of carboxylic acids is 1. The first-order valence-electron chi connectivity index (χ1n) is 7.89. The van der Waals surface area contributed by atoms with Crippen LogP contribution in [-0.4, -0.2) is 28.0 Å². The molecule has 0 atom stereocenters. The van der Waals surface area contributed by atoms with Crippen molar-refractivity contribution in [3.8, 4) is 5.75 Å². The predicted octanol–water partition coefficient (Wildman–Crippen LogP) is 2.05. The second-order valence-corrected chi connectivity index (χ2v) is 7.27. The summed E-state index contributed by atoms with van der Waals surface area (Å²) >= 11 is 0. The molecule has 7 heteroatoms. The van der Waals surface area contributed by atoms with Gasteiger partial charge in [-0.05, 0) is 36.8 Å². The van der Waals surface area contributed by atoms with Gasteiger partial charge in [0.1, 0.15) is 5.75 Å². The Morgan fingerprint density at radius 3 is 2.32 bits per heavy atom. The van der Waals surface area contributed by atoms with Gasteiger partial charge in [0.05, 0.1) is 23.7 Å². The maximum atomic E-state index is 13.1. The van der Waals surface area contributed by atoms with Crippen LogP contribution in [-0.2, 0) is 10.0 Å². The number of ether oxygens (including phenoxy) is 1. The zero-order chi connectivity index (χ0) is 18.4. The summed E-state index contributed by atoms with van der Waals surface area (Å²) in [6.45, 7) is 2.11. The lowest BCUT2D eigenvalue weighted by Crippen LogP contribution is -2.35. The summed E-state index contributed by atoms with van der Waals surface area (Å²) in [4.78, 5) is 11.5. The van der Waals surface area contributed by atoms with Crippen molar-refractivity contribution in [3.05, 3.63) is 54.1 Å². The van der Waals surface area contributed by atoms with Gasteiger partial charge >= 0.3 is 0 Å². The molecule has 25 heavy (non-hydrogen) atoms. The van der Waals surface area contributed by atoms with Gasteiger partial charge in [-0.2, -0.15) is 0 Å². The Hall–Kier alpha value is -2.54. The van der Waals surface area contributed by atoms with Crippen molar-refractivity contribution < 1.29 is 23.1 Å². The molecule has 0 radical (unpaired) electrons. The lowest BCUT2D eigenvalue weighted by molar-refractivity contribution is -0.254. The summed E-state index contributed by atoms with van der Waals surface area (Å²) in [5, 5.41) is 11.4. The standard InChI is InChI=1S/C18H21NO5S/c1-3-4-13-19(17-8-6-5-7-16(17)18(20)21)25(22,23)15-11-9-14(24-2)10-12-15/h5-12H,3-4,13H2,1-2H3,(H,20,21)/p-1. The number of aromatic carboxylic acids is 1. The molecule has 0 spiro atoms. The van der Waals surface area contributed by atoms with Crippen molar-refractivity contribution in [2.75, 3.05) is 18.0 Å². The van der Waals surface area contributed by atoms with E-state index in [1.165, 1.54) is 37.4 Å². The summed E-state index contributed by atoms with van der Waals surface area (Å²) in [7, 11) is -2.43. The summed E-state index contributed by atoms with van der Waals surface area (Å²) in [6, 6.07) is 11.9. The molecule has 0 heterocycles. The lowest BCUT2D eigenvalue weighted by atomic mass is 10.1. The zero-order valence-corrected chi connectivity index (χ0v) is 15.0. The third-order valence-electron chi connectivity index (χ3n) is 3.75. The van der Waals surface area contributed by atoms with E-state index in [0.717, 1.165) is 10.7 Å². The second-order valence-electron chi connectivity index (χ2n) is 5.41. The van der Waals surface area contributed by atoms with Gasteiger partial charge in [0.25, 0.3) is 10.0 Å². The van der Waals surface area contributed by atoms with Crippen LogP contribution in [0.25, 0.3) is 0 Å². The molecule has 134 valence electrons. The monoisotopic (exact) mass is 362 g/mol. The average Bonchev–Trinajstić information content (AvgIpc) is 2.62. The smallest absolute Gasteiger partial charge is 0.264 e. The first-order valence-corrected chi connectivity index (χ1v) is 9.33. The number of rotatable bonds is 8. The number of carbonyl (C=O) groups is 1. The minimum atomic E-state index is -3.92. The number of methoxy groups -OCH3 is 1. The summed E-state index contributed by atoms with van der Waals surface area (Å²) in [5.74, 6) is -0.878. The van der Waals surface area contributed by atoms with Crippen LogP contribution >= 0.6 is 0 Å². The largest absolute Gasteiger partial charge is 0.545 e. The van der Waals surface area contributed by atoms with Gasteiger partial charge < -0.3 is 14.6 Å². The Balaban J connectivity index is 2.54. The van der Waals surface area contributed by atoms with Gasteiger partial charge in [0.15, 0.2) is 0 Å². The Labute approximate surface area is 147 Å². The van der Waals surface area contributed by atoms with Crippen molar-refractivity contribution in [1.82, 2.24) is 0 Å². The van der Waals surface area contributed by atoms with Crippen LogP contribution in [0.15, 0.2) is 53.4 Å². The summed E-state index contributed by atoms with van der Waals surface area (Å²) < 4.78 is 32.3. The number of carbonyl (C=O) groups excluding carboxylic acids is 1. The highest BCUT2D eigenvalue weighted by molar-refractivity contribution is 7.92. The van der Waals surface area contributed by atoms with E-state index < -0.39 is 16.0 Å². The van der Waals surface area contributed by atoms with Crippen molar-refractivity contribution in [1.29, 1.82) is 0 Å². The molecule has 0 aliphatic carbocycles. The highest BCUT2D eigenvalue weighted by Crippen LogP contribution is 2.28. The third-order valence-corrected chi connectivity index (χ3v) is 5.58. The van der Waals surface area contributed by atoms with Gasteiger partial charge in [-0.15, -0.1) is 0 Å². The number of unbranched alkanes of at least 4 members (excludes halogenated alkanes) is 1. The molecule has 0 unspecified atom stereocenters. The SMILES string of the molecule is CCCCN(c1ccccc1C(=O)[O-])S(=O)(=O)c1ccc(OC)cc1. The Kier molecular flexibility index (Phi) is 6.03. The van der Waals surface area contributed by atoms with E-state index in [1.54, 1.807) is 18.2 Å². The topological polar surface area (TPSA) is 86.7 Å². The molecule has 0 aliphatic heterocycles. The third kappa shape index (κ3) is 4.11. The van der Waals surface area contributed by atoms with Crippen LogP contribution in [0.2, 0.25) is 0 Å². The second kappa shape index (κ2) is 8.02. The van der Waals surface area contributed by atoms with Crippen LogP contribution in [0.1, 0.15) is 30.1 Å². The van der Waals surface area contributed by atoms with Crippen LogP contribution in [0, 0.1) is 0 Å². The predicted molar refractivity (Wildman–Crippen MR) is 93.2 cm³/mol. The van der Waals surface area contributed by atoms with Gasteiger partial charge in [0, 0.05) is 12.1 Å². The molecule has 6 nitrogen and oxygen atoms in total. The first kappa shape index (κ1) is 18.8. The van der Waals surface area contributed by atoms with Gasteiger partial charge in [-0.1, -0.05) is 31.5 Å². The fourth-order valence-corrected chi connectivity index (χ4v) is 3.93. The van der Waals surface area contributed by atoms with E-state index in [0.29, 0.717) is 12.2 Å². The van der Waals surface area contributed by atoms with Crippen LogP contribution < -0.4 is 14.1 Å². The van der Waals surface area contributed by atoms with Gasteiger partial charge in [-0.25, -0.2) is 8.42 Å². The van der Waals surface area contributed by atoms with Crippen molar-refractivity contribution in [3.63, 3.8) is 0 Å². The number of hydrogen-bond acceptors (Lipinski definition) is 5. The molecule has 0 N–H and O–H groups in total. The zero-order valence-electron chi connectivity index (χ0n) is 14.1. The summed E-state index contributed by atoms with van der Waals surface area (Å²) in [5.41, 5.74) is -0.0533. The molecule has 2 aromatic carbocycles. The van der Waals surface area contributed by atoms with E-state index in [2.05, 4.69) is 0 Å². The maximum absolute atomic E-state index is 13.1.